The van der Waals surface area contributed by atoms with Crippen molar-refractivity contribution in [1.82, 2.24) is 15.4 Å². The lowest BCUT2D eigenvalue weighted by molar-refractivity contribution is -0.118. The Morgan fingerprint density at radius 2 is 2.08 bits per heavy atom. The van der Waals surface area contributed by atoms with E-state index in [2.05, 4.69) is 20.5 Å². The van der Waals surface area contributed by atoms with E-state index in [0.717, 1.165) is 16.6 Å². The number of aromatic amines is 1. The lowest BCUT2D eigenvalue weighted by Crippen LogP contribution is -2.19. The lowest BCUT2D eigenvalue weighted by atomic mass is 10.2. The van der Waals surface area contributed by atoms with Gasteiger partial charge in [0.15, 0.2) is 5.16 Å². The fourth-order valence-corrected chi connectivity index (χ4v) is 2.79. The second kappa shape index (κ2) is 7.65. The average molecular weight is 340 g/mol. The van der Waals surface area contributed by atoms with Crippen molar-refractivity contribution in [3.05, 3.63) is 54.1 Å². The molecule has 0 aliphatic heterocycles. The maximum atomic E-state index is 11.9. The van der Waals surface area contributed by atoms with Gasteiger partial charge in [-0.1, -0.05) is 36.0 Å². The predicted molar refractivity (Wildman–Crippen MR) is 95.5 cm³/mol. The van der Waals surface area contributed by atoms with Crippen LogP contribution < -0.4 is 10.2 Å². The molecule has 1 heterocycles. The number of hydrazone groups is 1. The molecule has 0 aliphatic carbocycles. The number of H-pyrrole nitrogens is 1. The number of hydrogen-bond acceptors (Lipinski definition) is 5. The first-order valence-electron chi connectivity index (χ1n) is 7.29. The van der Waals surface area contributed by atoms with Crippen molar-refractivity contribution >= 4 is 34.9 Å². The second-order valence-corrected chi connectivity index (χ2v) is 5.85. The molecule has 122 valence electrons. The molecule has 7 heteroatoms. The highest BCUT2D eigenvalue weighted by molar-refractivity contribution is 7.99. The Labute approximate surface area is 143 Å². The third kappa shape index (κ3) is 3.94. The van der Waals surface area contributed by atoms with Gasteiger partial charge in [-0.05, 0) is 24.3 Å². The zero-order valence-electron chi connectivity index (χ0n) is 13.0. The summed E-state index contributed by atoms with van der Waals surface area (Å²) >= 11 is 1.33. The van der Waals surface area contributed by atoms with E-state index in [1.807, 2.05) is 48.5 Å². The van der Waals surface area contributed by atoms with E-state index in [1.165, 1.54) is 11.8 Å². The Kier molecular flexibility index (Phi) is 5.12. The zero-order chi connectivity index (χ0) is 16.8. The number of thioether (sulfide) groups is 1. The third-order valence-corrected chi connectivity index (χ3v) is 4.11. The summed E-state index contributed by atoms with van der Waals surface area (Å²) in [4.78, 5) is 19.4. The Morgan fingerprint density at radius 1 is 1.29 bits per heavy atom. The van der Waals surface area contributed by atoms with Gasteiger partial charge < -0.3 is 9.72 Å². The number of fused-ring (bicyclic) bond motifs is 1. The summed E-state index contributed by atoms with van der Waals surface area (Å²) in [5.41, 5.74) is 5.13. The molecule has 0 atom stereocenters. The molecule has 0 bridgehead atoms. The van der Waals surface area contributed by atoms with E-state index >= 15 is 0 Å². The van der Waals surface area contributed by atoms with E-state index in [0.29, 0.717) is 10.9 Å². The SMILES string of the molecule is COc1ccccc1C=NNC(=O)CSc1nc2ccccc2[nH]1. The molecule has 3 aromatic rings. The highest BCUT2D eigenvalue weighted by Crippen LogP contribution is 2.18. The number of nitrogens with zero attached hydrogens (tertiary/aromatic N) is 2. The minimum Gasteiger partial charge on any atom is -0.496 e. The Balaban J connectivity index is 1.53. The molecule has 0 spiro atoms. The number of ether oxygens (including phenoxy) is 1. The first-order valence-corrected chi connectivity index (χ1v) is 8.27. The number of para-hydroxylation sites is 3. The number of methoxy groups -OCH3 is 1. The van der Waals surface area contributed by atoms with Crippen molar-refractivity contribution in [2.45, 2.75) is 5.16 Å². The Bertz CT molecular complexity index is 843. The highest BCUT2D eigenvalue weighted by Gasteiger charge is 2.06. The largest absolute Gasteiger partial charge is 0.496 e. The van der Waals surface area contributed by atoms with Crippen LogP contribution in [0.15, 0.2) is 58.8 Å². The summed E-state index contributed by atoms with van der Waals surface area (Å²) in [6.45, 7) is 0. The van der Waals surface area contributed by atoms with Crippen LogP contribution in [-0.2, 0) is 4.79 Å². The van der Waals surface area contributed by atoms with Crippen molar-refractivity contribution in [2.24, 2.45) is 5.10 Å². The van der Waals surface area contributed by atoms with E-state index in [-0.39, 0.29) is 11.7 Å². The van der Waals surface area contributed by atoms with Gasteiger partial charge in [0.25, 0.3) is 5.91 Å². The first-order chi connectivity index (χ1) is 11.8. The summed E-state index contributed by atoms with van der Waals surface area (Å²) in [5, 5.41) is 4.67. The molecule has 1 amide bonds. The van der Waals surface area contributed by atoms with Gasteiger partial charge >= 0.3 is 0 Å². The number of rotatable bonds is 6. The van der Waals surface area contributed by atoms with Gasteiger partial charge in [-0.3, -0.25) is 4.79 Å². The van der Waals surface area contributed by atoms with Crippen LogP contribution in [0.1, 0.15) is 5.56 Å². The van der Waals surface area contributed by atoms with Gasteiger partial charge in [-0.15, -0.1) is 0 Å². The molecule has 0 saturated heterocycles. The van der Waals surface area contributed by atoms with Crippen molar-refractivity contribution in [3.8, 4) is 5.75 Å². The van der Waals surface area contributed by atoms with Crippen LogP contribution in [0.4, 0.5) is 0 Å². The van der Waals surface area contributed by atoms with Crippen molar-refractivity contribution in [2.75, 3.05) is 12.9 Å². The van der Waals surface area contributed by atoms with Crippen LogP contribution >= 0.6 is 11.8 Å². The number of carbonyl (C=O) groups is 1. The molecule has 2 aromatic carbocycles. The minimum atomic E-state index is -0.202. The quantitative estimate of drug-likeness (QED) is 0.411. The maximum Gasteiger partial charge on any atom is 0.250 e. The van der Waals surface area contributed by atoms with Gasteiger partial charge in [-0.2, -0.15) is 5.10 Å². The molecular weight excluding hydrogens is 324 g/mol. The number of carbonyl (C=O) groups excluding carboxylic acids is 1. The van der Waals surface area contributed by atoms with Gasteiger partial charge in [0.1, 0.15) is 5.75 Å². The van der Waals surface area contributed by atoms with E-state index < -0.39 is 0 Å². The van der Waals surface area contributed by atoms with Crippen LogP contribution in [-0.4, -0.2) is 35.0 Å². The first kappa shape index (κ1) is 16.1. The van der Waals surface area contributed by atoms with Gasteiger partial charge in [0.05, 0.1) is 30.1 Å². The number of benzene rings is 2. The number of nitrogens with one attached hydrogen (secondary N) is 2. The molecule has 0 aliphatic rings. The molecule has 0 unspecified atom stereocenters. The van der Waals surface area contributed by atoms with Crippen LogP contribution in [0.2, 0.25) is 0 Å². The van der Waals surface area contributed by atoms with Crippen LogP contribution in [0.25, 0.3) is 11.0 Å². The standard InChI is InChI=1S/C17H16N4O2S/c1-23-15-9-5-2-6-12(15)10-18-21-16(22)11-24-17-19-13-7-3-4-8-14(13)20-17/h2-10H,11H2,1H3,(H,19,20)(H,21,22). The van der Waals surface area contributed by atoms with Crippen molar-refractivity contribution < 1.29 is 9.53 Å². The smallest absolute Gasteiger partial charge is 0.250 e. The highest BCUT2D eigenvalue weighted by atomic mass is 32.2. The van der Waals surface area contributed by atoms with Crippen molar-refractivity contribution in [1.29, 1.82) is 0 Å². The van der Waals surface area contributed by atoms with Crippen LogP contribution in [0.3, 0.4) is 0 Å². The number of imidazole rings is 1. The number of hydrogen-bond donors (Lipinski definition) is 2. The van der Waals surface area contributed by atoms with Gasteiger partial charge in [0.2, 0.25) is 0 Å². The average Bonchev–Trinajstić information content (AvgIpc) is 3.03. The summed E-state index contributed by atoms with van der Waals surface area (Å²) in [5.74, 6) is 0.724. The Morgan fingerprint density at radius 3 is 2.92 bits per heavy atom. The fraction of sp³-hybridized carbons (Fsp3) is 0.118. The van der Waals surface area contributed by atoms with Gasteiger partial charge in [-0.25, -0.2) is 10.4 Å². The molecular formula is C17H16N4O2S. The summed E-state index contributed by atoms with van der Waals surface area (Å²) in [7, 11) is 1.59. The van der Waals surface area contributed by atoms with Crippen LogP contribution in [0, 0.1) is 0 Å². The number of amides is 1. The Hall–Kier alpha value is -2.80. The molecule has 0 saturated carbocycles. The molecule has 2 N–H and O–H groups in total. The molecule has 6 nitrogen and oxygen atoms in total. The summed E-state index contributed by atoms with van der Waals surface area (Å²) in [6, 6.07) is 15.2. The second-order valence-electron chi connectivity index (χ2n) is 4.88. The van der Waals surface area contributed by atoms with Crippen LogP contribution in [0.5, 0.6) is 5.75 Å². The normalized spacial score (nSPS) is 11.0. The summed E-state index contributed by atoms with van der Waals surface area (Å²) in [6.07, 6.45) is 1.56. The van der Waals surface area contributed by atoms with E-state index in [4.69, 9.17) is 4.74 Å². The monoisotopic (exact) mass is 340 g/mol. The maximum absolute atomic E-state index is 11.9. The van der Waals surface area contributed by atoms with Crippen molar-refractivity contribution in [3.63, 3.8) is 0 Å². The molecule has 1 aromatic heterocycles. The van der Waals surface area contributed by atoms with Gasteiger partial charge in [0, 0.05) is 5.56 Å². The fourth-order valence-electron chi connectivity index (χ4n) is 2.11. The summed E-state index contributed by atoms with van der Waals surface area (Å²) < 4.78 is 5.22. The molecule has 0 fully saturated rings. The zero-order valence-corrected chi connectivity index (χ0v) is 13.8. The minimum absolute atomic E-state index is 0.202. The predicted octanol–water partition coefficient (Wildman–Crippen LogP) is 2.81. The topological polar surface area (TPSA) is 79.4 Å². The molecule has 3 rings (SSSR count). The lowest BCUT2D eigenvalue weighted by Gasteiger charge is -2.03. The van der Waals surface area contributed by atoms with E-state index in [9.17, 15) is 4.79 Å². The third-order valence-electron chi connectivity index (χ3n) is 3.24. The van der Waals surface area contributed by atoms with E-state index in [1.54, 1.807) is 13.3 Å². The molecule has 24 heavy (non-hydrogen) atoms. The number of aromatic nitrogens is 2. The molecule has 0 radical (unpaired) electrons.